The van der Waals surface area contributed by atoms with Gasteiger partial charge in [0.1, 0.15) is 24.6 Å². The van der Waals surface area contributed by atoms with E-state index in [1.165, 1.54) is 0 Å². The minimum atomic E-state index is -0.504. The number of pyridine rings is 1. The van der Waals surface area contributed by atoms with E-state index in [-0.39, 0.29) is 24.5 Å². The van der Waals surface area contributed by atoms with Crippen molar-refractivity contribution in [2.24, 2.45) is 0 Å². The van der Waals surface area contributed by atoms with Crippen LogP contribution in [0.2, 0.25) is 0 Å². The molecule has 0 N–H and O–H groups in total. The first kappa shape index (κ1) is 19.4. The largest absolute Gasteiger partial charge is 0.364 e. The van der Waals surface area contributed by atoms with Crippen LogP contribution in [0.4, 0.5) is 5.82 Å². The average molecular weight is 390 g/mol. The molecule has 2 aromatic rings. The third-order valence-electron chi connectivity index (χ3n) is 6.24. The van der Waals surface area contributed by atoms with Crippen LogP contribution >= 0.6 is 0 Å². The third-order valence-corrected chi connectivity index (χ3v) is 6.24. The molecule has 1 aromatic carbocycles. The normalized spacial score (nSPS) is 24.4. The molecule has 0 saturated carbocycles. The van der Waals surface area contributed by atoms with Crippen LogP contribution in [-0.4, -0.2) is 48.6 Å². The lowest BCUT2D eigenvalue weighted by Crippen LogP contribution is -2.67. The zero-order valence-electron chi connectivity index (χ0n) is 17.1. The summed E-state index contributed by atoms with van der Waals surface area (Å²) in [5.41, 5.74) is 2.12. The molecule has 0 unspecified atom stereocenters. The van der Waals surface area contributed by atoms with Gasteiger partial charge < -0.3 is 14.5 Å². The van der Waals surface area contributed by atoms with Crippen molar-refractivity contribution in [3.8, 4) is 6.07 Å². The van der Waals surface area contributed by atoms with Gasteiger partial charge in [0.15, 0.2) is 0 Å². The molecule has 6 heteroatoms. The number of fused-ring (bicyclic) bond motifs is 1. The van der Waals surface area contributed by atoms with Crippen molar-refractivity contribution in [1.29, 1.82) is 5.26 Å². The first-order valence-corrected chi connectivity index (χ1v) is 10.1. The van der Waals surface area contributed by atoms with Gasteiger partial charge in [-0.3, -0.25) is 4.79 Å². The van der Waals surface area contributed by atoms with Crippen molar-refractivity contribution in [3.05, 3.63) is 59.3 Å². The molecule has 0 radical (unpaired) electrons. The number of hydrogen-bond acceptors (Lipinski definition) is 5. The van der Waals surface area contributed by atoms with Gasteiger partial charge in [-0.15, -0.1) is 0 Å². The van der Waals surface area contributed by atoms with Gasteiger partial charge in [-0.05, 0) is 30.0 Å². The van der Waals surface area contributed by atoms with E-state index in [9.17, 15) is 10.1 Å². The number of ether oxygens (including phenoxy) is 1. The van der Waals surface area contributed by atoms with Crippen LogP contribution in [0, 0.1) is 11.3 Å². The van der Waals surface area contributed by atoms with Gasteiger partial charge in [0.25, 0.3) is 0 Å². The maximum absolute atomic E-state index is 12.5. The Kier molecular flexibility index (Phi) is 5.01. The molecule has 150 valence electrons. The van der Waals surface area contributed by atoms with Gasteiger partial charge in [-0.25, -0.2) is 4.98 Å². The number of anilines is 1. The summed E-state index contributed by atoms with van der Waals surface area (Å²) in [5.74, 6) is 0.990. The lowest BCUT2D eigenvalue weighted by Gasteiger charge is -2.55. The summed E-state index contributed by atoms with van der Waals surface area (Å²) in [6.07, 6.45) is 0.514. The summed E-state index contributed by atoms with van der Waals surface area (Å²) in [6, 6.07) is 16.2. The standard InChI is InChI=1S/C23H26N4O2/c1-16(2)19-10-9-17(13-24)22(25-19)27-12-11-23(18-7-5-4-6-8-18)20(14-27)29-15-21(28)26(23)3/h4-10,16,20H,11-12,14-15H2,1-3H3/t20-,23+/m1/s1. The van der Waals surface area contributed by atoms with Crippen molar-refractivity contribution in [1.82, 2.24) is 9.88 Å². The van der Waals surface area contributed by atoms with Crippen LogP contribution in [0.15, 0.2) is 42.5 Å². The number of aromatic nitrogens is 1. The third kappa shape index (κ3) is 3.16. The lowest BCUT2D eigenvalue weighted by atomic mass is 9.76. The molecule has 29 heavy (non-hydrogen) atoms. The van der Waals surface area contributed by atoms with Crippen molar-refractivity contribution < 1.29 is 9.53 Å². The number of amides is 1. The Hall–Kier alpha value is -2.91. The molecule has 2 aliphatic heterocycles. The topological polar surface area (TPSA) is 69.5 Å². The number of likely N-dealkylation sites (N-methyl/N-ethyl adjacent to an activating group) is 1. The fourth-order valence-electron chi connectivity index (χ4n) is 4.53. The van der Waals surface area contributed by atoms with Crippen molar-refractivity contribution in [3.63, 3.8) is 0 Å². The number of piperidine rings is 1. The molecule has 4 rings (SSSR count). The van der Waals surface area contributed by atoms with E-state index in [1.54, 1.807) is 0 Å². The molecule has 0 spiro atoms. The summed E-state index contributed by atoms with van der Waals surface area (Å²) in [5, 5.41) is 9.62. The summed E-state index contributed by atoms with van der Waals surface area (Å²) in [4.78, 5) is 21.3. The van der Waals surface area contributed by atoms with Crippen LogP contribution in [0.25, 0.3) is 0 Å². The summed E-state index contributed by atoms with van der Waals surface area (Å²) in [6.45, 7) is 5.54. The molecule has 2 aliphatic rings. The number of nitrogens with zero attached hydrogens (tertiary/aromatic N) is 4. The second kappa shape index (κ2) is 7.49. The van der Waals surface area contributed by atoms with Crippen molar-refractivity contribution in [2.75, 3.05) is 31.6 Å². The van der Waals surface area contributed by atoms with Crippen LogP contribution in [-0.2, 0) is 15.1 Å². The Labute approximate surface area is 171 Å². The molecular formula is C23H26N4O2. The van der Waals surface area contributed by atoms with Gasteiger partial charge in [-0.1, -0.05) is 44.2 Å². The number of carbonyl (C=O) groups excluding carboxylic acids is 1. The molecule has 3 heterocycles. The Morgan fingerprint density at radius 3 is 2.69 bits per heavy atom. The Bertz CT molecular complexity index is 953. The van der Waals surface area contributed by atoms with Crippen LogP contribution in [0.5, 0.6) is 0 Å². The second-order valence-electron chi connectivity index (χ2n) is 8.11. The van der Waals surface area contributed by atoms with E-state index in [1.807, 2.05) is 42.3 Å². The van der Waals surface area contributed by atoms with Crippen LogP contribution in [0.3, 0.4) is 0 Å². The first-order chi connectivity index (χ1) is 14.0. The van der Waals surface area contributed by atoms with Gasteiger partial charge in [0, 0.05) is 25.8 Å². The van der Waals surface area contributed by atoms with Gasteiger partial charge in [0.05, 0.1) is 11.1 Å². The number of rotatable bonds is 3. The van der Waals surface area contributed by atoms with Gasteiger partial charge in [-0.2, -0.15) is 5.26 Å². The SMILES string of the molecule is CC(C)c1ccc(C#N)c(N2CC[C@]3(c4ccccc4)[C@@H](C2)OCC(=O)N3C)n1. The Balaban J connectivity index is 1.73. The fraction of sp³-hybridized carbons (Fsp3) is 0.435. The quantitative estimate of drug-likeness (QED) is 0.806. The van der Waals surface area contributed by atoms with E-state index < -0.39 is 5.54 Å². The summed E-state index contributed by atoms with van der Waals surface area (Å²) >= 11 is 0. The Morgan fingerprint density at radius 1 is 1.24 bits per heavy atom. The minimum Gasteiger partial charge on any atom is -0.364 e. The number of morpholine rings is 1. The molecule has 2 saturated heterocycles. The fourth-order valence-corrected chi connectivity index (χ4v) is 4.53. The zero-order valence-corrected chi connectivity index (χ0v) is 17.1. The highest BCUT2D eigenvalue weighted by Gasteiger charge is 2.53. The molecule has 0 bridgehead atoms. The zero-order chi connectivity index (χ0) is 20.6. The Morgan fingerprint density at radius 2 is 2.00 bits per heavy atom. The number of carbonyl (C=O) groups is 1. The molecule has 2 atom stereocenters. The maximum atomic E-state index is 12.5. The smallest absolute Gasteiger partial charge is 0.249 e. The average Bonchev–Trinajstić information content (AvgIpc) is 2.76. The minimum absolute atomic E-state index is 0.00352. The highest BCUT2D eigenvalue weighted by Crippen LogP contribution is 2.43. The first-order valence-electron chi connectivity index (χ1n) is 10.1. The summed E-state index contributed by atoms with van der Waals surface area (Å²) < 4.78 is 6.08. The van der Waals surface area contributed by atoms with Crippen molar-refractivity contribution >= 4 is 11.7 Å². The number of nitriles is 1. The van der Waals surface area contributed by atoms with Crippen molar-refractivity contribution in [2.45, 2.75) is 37.8 Å². The predicted molar refractivity (Wildman–Crippen MR) is 111 cm³/mol. The van der Waals surface area contributed by atoms with E-state index in [2.05, 4.69) is 36.9 Å². The molecule has 2 fully saturated rings. The number of hydrogen-bond donors (Lipinski definition) is 0. The lowest BCUT2D eigenvalue weighted by molar-refractivity contribution is -0.173. The van der Waals surface area contributed by atoms with E-state index in [4.69, 9.17) is 9.72 Å². The highest BCUT2D eigenvalue weighted by molar-refractivity contribution is 5.79. The van der Waals surface area contributed by atoms with Crippen LogP contribution < -0.4 is 4.90 Å². The predicted octanol–water partition coefficient (Wildman–Crippen LogP) is 3.04. The maximum Gasteiger partial charge on any atom is 0.249 e. The monoisotopic (exact) mass is 390 g/mol. The molecule has 1 amide bonds. The number of benzene rings is 1. The highest BCUT2D eigenvalue weighted by atomic mass is 16.5. The molecule has 1 aromatic heterocycles. The van der Waals surface area contributed by atoms with E-state index in [0.29, 0.717) is 30.9 Å². The second-order valence-corrected chi connectivity index (χ2v) is 8.11. The van der Waals surface area contributed by atoms with Crippen LogP contribution in [0.1, 0.15) is 43.0 Å². The molecular weight excluding hydrogens is 364 g/mol. The van der Waals surface area contributed by atoms with Gasteiger partial charge >= 0.3 is 0 Å². The van der Waals surface area contributed by atoms with E-state index in [0.717, 1.165) is 11.3 Å². The molecule has 0 aliphatic carbocycles. The van der Waals surface area contributed by atoms with E-state index >= 15 is 0 Å². The summed E-state index contributed by atoms with van der Waals surface area (Å²) in [7, 11) is 1.87. The molecule has 6 nitrogen and oxygen atoms in total. The van der Waals surface area contributed by atoms with Gasteiger partial charge in [0.2, 0.25) is 5.91 Å².